The molecule has 1 saturated heterocycles. The largest absolute Gasteiger partial charge is 0.318 e. The van der Waals surface area contributed by atoms with Crippen molar-refractivity contribution in [2.45, 2.75) is 45.7 Å². The van der Waals surface area contributed by atoms with Gasteiger partial charge in [0.1, 0.15) is 0 Å². The molecule has 0 radical (unpaired) electrons. The van der Waals surface area contributed by atoms with E-state index in [1.807, 2.05) is 7.05 Å². The van der Waals surface area contributed by atoms with Crippen LogP contribution in [-0.2, 0) is 0 Å². The van der Waals surface area contributed by atoms with Gasteiger partial charge >= 0.3 is 0 Å². The minimum Gasteiger partial charge on any atom is -0.318 e. The van der Waals surface area contributed by atoms with Crippen molar-refractivity contribution in [1.82, 2.24) is 16.0 Å². The van der Waals surface area contributed by atoms with Crippen LogP contribution in [0.15, 0.2) is 0 Å². The Bertz CT molecular complexity index is 195. The van der Waals surface area contributed by atoms with E-state index in [-0.39, 0.29) is 5.66 Å². The van der Waals surface area contributed by atoms with E-state index in [9.17, 15) is 0 Å². The third kappa shape index (κ3) is 2.71. The van der Waals surface area contributed by atoms with Gasteiger partial charge in [0.05, 0.1) is 5.66 Å². The number of piperidine rings is 1. The van der Waals surface area contributed by atoms with Crippen LogP contribution in [0.2, 0.25) is 0 Å². The molecular weight excluding hydrogens is 186 g/mol. The van der Waals surface area contributed by atoms with Crippen molar-refractivity contribution < 1.29 is 0 Å². The van der Waals surface area contributed by atoms with Gasteiger partial charge in [0.15, 0.2) is 0 Å². The van der Waals surface area contributed by atoms with Gasteiger partial charge in [-0.2, -0.15) is 0 Å². The van der Waals surface area contributed by atoms with E-state index in [0.29, 0.717) is 5.41 Å². The molecular formula is C12H27N3. The minimum absolute atomic E-state index is 0.0941. The molecule has 0 aromatic carbocycles. The third-order valence-electron chi connectivity index (χ3n) is 4.22. The molecule has 90 valence electrons. The second kappa shape index (κ2) is 5.28. The zero-order chi connectivity index (χ0) is 11.4. The minimum atomic E-state index is 0.0941. The van der Waals surface area contributed by atoms with Crippen LogP contribution in [-0.4, -0.2) is 32.3 Å². The molecule has 2 atom stereocenters. The molecule has 0 aliphatic carbocycles. The van der Waals surface area contributed by atoms with Gasteiger partial charge in [0.25, 0.3) is 0 Å². The van der Waals surface area contributed by atoms with Crippen LogP contribution in [0.4, 0.5) is 0 Å². The molecule has 0 aromatic rings. The molecule has 1 rings (SSSR count). The molecule has 0 bridgehead atoms. The Morgan fingerprint density at radius 3 is 2.60 bits per heavy atom. The van der Waals surface area contributed by atoms with Gasteiger partial charge in [-0.25, -0.2) is 0 Å². The monoisotopic (exact) mass is 213 g/mol. The van der Waals surface area contributed by atoms with Gasteiger partial charge in [-0.3, -0.25) is 10.6 Å². The fourth-order valence-electron chi connectivity index (χ4n) is 2.52. The molecule has 1 aliphatic heterocycles. The van der Waals surface area contributed by atoms with E-state index in [0.717, 1.165) is 19.6 Å². The first-order chi connectivity index (χ1) is 7.08. The molecule has 3 nitrogen and oxygen atoms in total. The lowest BCUT2D eigenvalue weighted by Gasteiger charge is -2.51. The summed E-state index contributed by atoms with van der Waals surface area (Å²) in [5.74, 6) is 0. The van der Waals surface area contributed by atoms with Crippen molar-refractivity contribution in [2.24, 2.45) is 5.41 Å². The quantitative estimate of drug-likeness (QED) is 0.603. The van der Waals surface area contributed by atoms with Crippen molar-refractivity contribution in [3.05, 3.63) is 0 Å². The summed E-state index contributed by atoms with van der Waals surface area (Å²) in [6.07, 6.45) is 3.84. The lowest BCUT2D eigenvalue weighted by Crippen LogP contribution is -2.67. The summed E-state index contributed by atoms with van der Waals surface area (Å²) in [5.41, 5.74) is 0.468. The summed E-state index contributed by atoms with van der Waals surface area (Å²) in [6, 6.07) is 0. The lowest BCUT2D eigenvalue weighted by molar-refractivity contribution is 0.0373. The zero-order valence-electron chi connectivity index (χ0n) is 10.7. The van der Waals surface area contributed by atoms with E-state index in [1.165, 1.54) is 19.3 Å². The average molecular weight is 213 g/mol. The first kappa shape index (κ1) is 12.9. The Labute approximate surface area is 94.4 Å². The Morgan fingerprint density at radius 1 is 1.27 bits per heavy atom. The molecule has 0 unspecified atom stereocenters. The molecule has 3 heteroatoms. The molecule has 0 saturated carbocycles. The first-order valence-electron chi connectivity index (χ1n) is 6.22. The van der Waals surface area contributed by atoms with E-state index < -0.39 is 0 Å². The van der Waals surface area contributed by atoms with E-state index in [1.54, 1.807) is 0 Å². The Morgan fingerprint density at radius 2 is 2.00 bits per heavy atom. The molecule has 0 aromatic heterocycles. The van der Waals surface area contributed by atoms with Crippen LogP contribution in [0.25, 0.3) is 0 Å². The predicted octanol–water partition coefficient (Wildman–Crippen LogP) is 1.31. The maximum Gasteiger partial charge on any atom is 0.0713 e. The topological polar surface area (TPSA) is 36.1 Å². The average Bonchev–Trinajstić information content (AvgIpc) is 2.23. The van der Waals surface area contributed by atoms with Crippen LogP contribution in [0.1, 0.15) is 40.0 Å². The summed E-state index contributed by atoms with van der Waals surface area (Å²) in [5, 5.41) is 10.5. The third-order valence-corrected chi connectivity index (χ3v) is 4.22. The van der Waals surface area contributed by atoms with Crippen LogP contribution < -0.4 is 16.0 Å². The summed E-state index contributed by atoms with van der Waals surface area (Å²) in [4.78, 5) is 0. The van der Waals surface area contributed by atoms with Gasteiger partial charge in [0.2, 0.25) is 0 Å². The maximum atomic E-state index is 3.67. The molecule has 1 aliphatic rings. The highest BCUT2D eigenvalue weighted by Crippen LogP contribution is 2.39. The van der Waals surface area contributed by atoms with Crippen molar-refractivity contribution >= 4 is 0 Å². The second-order valence-electron chi connectivity index (χ2n) is 5.10. The Balaban J connectivity index is 2.60. The number of hydrogen-bond donors (Lipinski definition) is 3. The van der Waals surface area contributed by atoms with Crippen molar-refractivity contribution in [3.63, 3.8) is 0 Å². The Kier molecular flexibility index (Phi) is 4.56. The lowest BCUT2D eigenvalue weighted by atomic mass is 9.70. The van der Waals surface area contributed by atoms with Gasteiger partial charge in [-0.15, -0.1) is 0 Å². The van der Waals surface area contributed by atoms with Crippen LogP contribution in [0.5, 0.6) is 0 Å². The highest BCUT2D eigenvalue weighted by Gasteiger charge is 2.44. The van der Waals surface area contributed by atoms with Crippen molar-refractivity contribution in [3.8, 4) is 0 Å². The summed E-state index contributed by atoms with van der Waals surface area (Å²) in [7, 11) is 2.00. The van der Waals surface area contributed by atoms with E-state index >= 15 is 0 Å². The maximum absolute atomic E-state index is 3.67. The number of rotatable bonds is 5. The summed E-state index contributed by atoms with van der Waals surface area (Å²) < 4.78 is 0. The molecule has 3 N–H and O–H groups in total. The van der Waals surface area contributed by atoms with Gasteiger partial charge in [-0.05, 0) is 45.2 Å². The summed E-state index contributed by atoms with van der Waals surface area (Å²) >= 11 is 0. The summed E-state index contributed by atoms with van der Waals surface area (Å²) in [6.45, 7) is 10.2. The second-order valence-corrected chi connectivity index (χ2v) is 5.10. The van der Waals surface area contributed by atoms with Crippen LogP contribution in [0.3, 0.4) is 0 Å². The molecule has 1 fully saturated rings. The molecule has 0 spiro atoms. The molecule has 0 amide bonds. The standard InChI is InChI=1S/C12H27N3/c1-5-11(2)7-6-8-14-12(11,3)15-10-9-13-4/h13-15H,5-10H2,1-4H3/t11-,12-/m1/s1. The SMILES string of the molecule is CC[C@]1(C)CCCN[C@]1(C)NCCNC. The van der Waals surface area contributed by atoms with E-state index in [2.05, 4.69) is 36.7 Å². The molecule has 15 heavy (non-hydrogen) atoms. The number of nitrogens with one attached hydrogen (secondary N) is 3. The van der Waals surface area contributed by atoms with Gasteiger partial charge in [-0.1, -0.05) is 13.8 Å². The highest BCUT2D eigenvalue weighted by atomic mass is 15.2. The zero-order valence-corrected chi connectivity index (χ0v) is 10.7. The smallest absolute Gasteiger partial charge is 0.0713 e. The first-order valence-corrected chi connectivity index (χ1v) is 6.22. The van der Waals surface area contributed by atoms with Crippen molar-refractivity contribution in [2.75, 3.05) is 26.7 Å². The number of hydrogen-bond acceptors (Lipinski definition) is 3. The fourth-order valence-corrected chi connectivity index (χ4v) is 2.52. The van der Waals surface area contributed by atoms with Crippen LogP contribution in [0, 0.1) is 5.41 Å². The highest BCUT2D eigenvalue weighted by molar-refractivity contribution is 4.99. The number of likely N-dealkylation sites (N-methyl/N-ethyl adjacent to an activating group) is 1. The normalized spacial score (nSPS) is 36.8. The van der Waals surface area contributed by atoms with Gasteiger partial charge < -0.3 is 5.32 Å². The van der Waals surface area contributed by atoms with E-state index in [4.69, 9.17) is 0 Å². The predicted molar refractivity (Wildman–Crippen MR) is 66.0 cm³/mol. The Hall–Kier alpha value is -0.120. The van der Waals surface area contributed by atoms with Crippen molar-refractivity contribution in [1.29, 1.82) is 0 Å². The van der Waals surface area contributed by atoms with Crippen LogP contribution >= 0.6 is 0 Å². The fraction of sp³-hybridized carbons (Fsp3) is 1.00. The molecule has 1 heterocycles. The van der Waals surface area contributed by atoms with Gasteiger partial charge in [0, 0.05) is 13.1 Å².